The Morgan fingerprint density at radius 2 is 1.80 bits per heavy atom. The molecule has 2 heterocycles. The lowest BCUT2D eigenvalue weighted by molar-refractivity contribution is -0.274. The van der Waals surface area contributed by atoms with Crippen LogP contribution in [-0.2, 0) is 4.79 Å². The van der Waals surface area contributed by atoms with Gasteiger partial charge in [0.15, 0.2) is 0 Å². The summed E-state index contributed by atoms with van der Waals surface area (Å²) in [5.74, 6) is -0.142. The molecule has 0 radical (unpaired) electrons. The summed E-state index contributed by atoms with van der Waals surface area (Å²) in [4.78, 5) is 31.3. The highest BCUT2D eigenvalue weighted by atomic mass is 19.4. The van der Waals surface area contributed by atoms with Gasteiger partial charge in [-0.3, -0.25) is 14.5 Å². The van der Waals surface area contributed by atoms with E-state index in [-0.39, 0.29) is 17.5 Å². The Morgan fingerprint density at radius 1 is 1.03 bits per heavy atom. The van der Waals surface area contributed by atoms with Crippen LogP contribution in [0.1, 0.15) is 36.0 Å². The van der Waals surface area contributed by atoms with Gasteiger partial charge in [0.1, 0.15) is 5.75 Å². The molecular formula is C21H26F3N3O3. The molecule has 3 aliphatic rings. The monoisotopic (exact) mass is 425 g/mol. The molecule has 6 nitrogen and oxygen atoms in total. The number of hydrogen-bond donors (Lipinski definition) is 0. The van der Waals surface area contributed by atoms with Crippen molar-refractivity contribution in [1.82, 2.24) is 14.7 Å². The summed E-state index contributed by atoms with van der Waals surface area (Å²) in [6, 6.07) is 5.27. The Morgan fingerprint density at radius 3 is 2.53 bits per heavy atom. The number of carbonyl (C=O) groups excluding carboxylic acids is 2. The van der Waals surface area contributed by atoms with Gasteiger partial charge in [0.05, 0.1) is 11.6 Å². The molecule has 1 saturated carbocycles. The number of benzene rings is 1. The van der Waals surface area contributed by atoms with Gasteiger partial charge in [-0.05, 0) is 43.7 Å². The maximum atomic E-state index is 12.9. The average Bonchev–Trinajstić information content (AvgIpc) is 3.47. The fraction of sp³-hybridized carbons (Fsp3) is 0.619. The first-order chi connectivity index (χ1) is 14.3. The fourth-order valence-electron chi connectivity index (χ4n) is 4.33. The minimum absolute atomic E-state index is 0.101. The van der Waals surface area contributed by atoms with Crippen LogP contribution in [0.5, 0.6) is 5.75 Å². The molecule has 9 heteroatoms. The molecule has 3 fully saturated rings. The first kappa shape index (κ1) is 21.0. The minimum Gasteiger partial charge on any atom is -0.405 e. The zero-order valence-electron chi connectivity index (χ0n) is 16.7. The number of rotatable bonds is 5. The molecule has 0 aromatic heterocycles. The number of halogens is 3. The number of para-hydroxylation sites is 1. The third-order valence-electron chi connectivity index (χ3n) is 6.05. The van der Waals surface area contributed by atoms with Crippen molar-refractivity contribution >= 4 is 11.8 Å². The average molecular weight is 425 g/mol. The van der Waals surface area contributed by atoms with Crippen LogP contribution in [0, 0.1) is 5.92 Å². The molecule has 2 aliphatic heterocycles. The van der Waals surface area contributed by atoms with Gasteiger partial charge >= 0.3 is 6.36 Å². The summed E-state index contributed by atoms with van der Waals surface area (Å²) in [6.07, 6.45) is -0.993. The molecule has 2 saturated heterocycles. The minimum atomic E-state index is -4.86. The summed E-state index contributed by atoms with van der Waals surface area (Å²) in [7, 11) is 0. The van der Waals surface area contributed by atoms with Crippen LogP contribution in [0.4, 0.5) is 13.2 Å². The first-order valence-electron chi connectivity index (χ1n) is 10.5. The van der Waals surface area contributed by atoms with Crippen molar-refractivity contribution in [1.29, 1.82) is 0 Å². The van der Waals surface area contributed by atoms with Crippen LogP contribution in [-0.4, -0.2) is 78.2 Å². The zero-order valence-corrected chi connectivity index (χ0v) is 16.7. The van der Waals surface area contributed by atoms with E-state index in [0.717, 1.165) is 25.6 Å². The van der Waals surface area contributed by atoms with E-state index in [9.17, 15) is 22.8 Å². The molecule has 0 spiro atoms. The molecule has 1 aromatic rings. The Bertz CT molecular complexity index is 797. The van der Waals surface area contributed by atoms with Gasteiger partial charge in [-0.15, -0.1) is 13.2 Å². The zero-order chi connectivity index (χ0) is 21.3. The molecule has 0 bridgehead atoms. The number of alkyl halides is 3. The summed E-state index contributed by atoms with van der Waals surface area (Å²) in [5.41, 5.74) is -0.101. The van der Waals surface area contributed by atoms with E-state index in [1.165, 1.54) is 31.0 Å². The maximum Gasteiger partial charge on any atom is 0.573 e. The normalized spacial score (nSPS) is 23.6. The predicted octanol–water partition coefficient (Wildman–Crippen LogP) is 2.74. The largest absolute Gasteiger partial charge is 0.573 e. The van der Waals surface area contributed by atoms with Gasteiger partial charge in [-0.1, -0.05) is 12.1 Å². The standard InChI is InChI=1S/C21H26F3N3O3/c22-21(23,24)30-18-5-2-1-4-16(18)19(28)26-10-3-9-25(12-13-26)17-8-11-27(20(17)29)14-15-6-7-15/h1-2,4-5,15,17H,3,6-14H2. The predicted molar refractivity (Wildman–Crippen MR) is 103 cm³/mol. The van der Waals surface area contributed by atoms with E-state index in [2.05, 4.69) is 9.64 Å². The van der Waals surface area contributed by atoms with Crippen molar-refractivity contribution in [2.75, 3.05) is 39.3 Å². The molecular weight excluding hydrogens is 399 g/mol. The van der Waals surface area contributed by atoms with Crippen molar-refractivity contribution in [3.63, 3.8) is 0 Å². The van der Waals surface area contributed by atoms with Crippen LogP contribution in [0.15, 0.2) is 24.3 Å². The van der Waals surface area contributed by atoms with Gasteiger partial charge in [-0.25, -0.2) is 0 Å². The van der Waals surface area contributed by atoms with E-state index >= 15 is 0 Å². The van der Waals surface area contributed by atoms with Gasteiger partial charge in [0.25, 0.3) is 5.91 Å². The third kappa shape index (κ3) is 4.88. The molecule has 1 unspecified atom stereocenters. The van der Waals surface area contributed by atoms with Crippen molar-refractivity contribution < 1.29 is 27.5 Å². The van der Waals surface area contributed by atoms with Crippen LogP contribution >= 0.6 is 0 Å². The van der Waals surface area contributed by atoms with Gasteiger partial charge in [-0.2, -0.15) is 0 Å². The molecule has 164 valence electrons. The fourth-order valence-corrected chi connectivity index (χ4v) is 4.33. The highest BCUT2D eigenvalue weighted by Gasteiger charge is 2.39. The molecule has 1 aliphatic carbocycles. The highest BCUT2D eigenvalue weighted by molar-refractivity contribution is 5.97. The second-order valence-electron chi connectivity index (χ2n) is 8.26. The van der Waals surface area contributed by atoms with Gasteiger partial charge in [0.2, 0.25) is 5.91 Å². The summed E-state index contributed by atoms with van der Waals surface area (Å²) in [6.45, 7) is 3.65. The molecule has 2 amide bonds. The van der Waals surface area contributed by atoms with E-state index in [0.29, 0.717) is 38.5 Å². The second kappa shape index (κ2) is 8.45. The van der Waals surface area contributed by atoms with Crippen LogP contribution in [0.2, 0.25) is 0 Å². The van der Waals surface area contributed by atoms with Crippen LogP contribution < -0.4 is 4.74 Å². The lowest BCUT2D eigenvalue weighted by Gasteiger charge is -2.27. The molecule has 1 aromatic carbocycles. The summed E-state index contributed by atoms with van der Waals surface area (Å²) >= 11 is 0. The molecule has 0 N–H and O–H groups in total. The topological polar surface area (TPSA) is 53.1 Å². The SMILES string of the molecule is O=C(c1ccccc1OC(F)(F)F)N1CCCN(C2CCN(CC3CC3)C2=O)CC1. The second-order valence-corrected chi connectivity index (χ2v) is 8.26. The number of nitrogens with zero attached hydrogens (tertiary/aromatic N) is 3. The van der Waals surface area contributed by atoms with Crippen molar-refractivity contribution in [2.24, 2.45) is 5.92 Å². The van der Waals surface area contributed by atoms with E-state index in [1.807, 2.05) is 4.90 Å². The lowest BCUT2D eigenvalue weighted by atomic mass is 10.1. The first-order valence-corrected chi connectivity index (χ1v) is 10.5. The summed E-state index contributed by atoms with van der Waals surface area (Å²) in [5, 5.41) is 0. The van der Waals surface area contributed by atoms with Crippen molar-refractivity contribution in [2.45, 2.75) is 38.1 Å². The van der Waals surface area contributed by atoms with E-state index in [4.69, 9.17) is 0 Å². The number of amides is 2. The van der Waals surface area contributed by atoms with Crippen molar-refractivity contribution in [3.8, 4) is 5.75 Å². The van der Waals surface area contributed by atoms with Crippen LogP contribution in [0.25, 0.3) is 0 Å². The van der Waals surface area contributed by atoms with E-state index in [1.54, 1.807) is 4.90 Å². The number of carbonyl (C=O) groups is 2. The Balaban J connectivity index is 1.39. The number of ether oxygens (including phenoxy) is 1. The molecule has 1 atom stereocenters. The smallest absolute Gasteiger partial charge is 0.405 e. The van der Waals surface area contributed by atoms with Gasteiger partial charge in [0, 0.05) is 39.3 Å². The Kier molecular flexibility index (Phi) is 5.90. The Labute approximate surface area is 173 Å². The third-order valence-corrected chi connectivity index (χ3v) is 6.05. The highest BCUT2D eigenvalue weighted by Crippen LogP contribution is 2.32. The lowest BCUT2D eigenvalue weighted by Crippen LogP contribution is -2.44. The van der Waals surface area contributed by atoms with Crippen LogP contribution in [0.3, 0.4) is 0 Å². The summed E-state index contributed by atoms with van der Waals surface area (Å²) < 4.78 is 42.1. The van der Waals surface area contributed by atoms with Crippen molar-refractivity contribution in [3.05, 3.63) is 29.8 Å². The maximum absolute atomic E-state index is 12.9. The quantitative estimate of drug-likeness (QED) is 0.728. The molecule has 30 heavy (non-hydrogen) atoms. The van der Waals surface area contributed by atoms with Gasteiger partial charge < -0.3 is 14.5 Å². The Hall–Kier alpha value is -2.29. The van der Waals surface area contributed by atoms with E-state index < -0.39 is 18.0 Å². The molecule has 4 rings (SSSR count). The number of hydrogen-bond acceptors (Lipinski definition) is 4. The number of likely N-dealkylation sites (tertiary alicyclic amines) is 1.